The van der Waals surface area contributed by atoms with Crippen LogP contribution in [0.25, 0.3) is 0 Å². The number of hydrogen-bond donors (Lipinski definition) is 0. The minimum atomic E-state index is 1.12. The molecule has 4 heteroatoms. The van der Waals surface area contributed by atoms with E-state index in [1.807, 2.05) is 30.4 Å². The van der Waals surface area contributed by atoms with Crippen molar-refractivity contribution in [3.05, 3.63) is 24.5 Å². The predicted octanol–water partition coefficient (Wildman–Crippen LogP) is 3.04. The number of unbranched alkanes of at least 4 members (excludes halogenated alkanes) is 1. The van der Waals surface area contributed by atoms with E-state index in [0.717, 1.165) is 19.6 Å². The zero-order chi connectivity index (χ0) is 12.6. The van der Waals surface area contributed by atoms with Gasteiger partial charge < -0.3 is 4.90 Å². The van der Waals surface area contributed by atoms with Crippen molar-refractivity contribution < 1.29 is 0 Å². The summed E-state index contributed by atoms with van der Waals surface area (Å²) < 4.78 is 2.53. The highest BCUT2D eigenvalue weighted by Gasteiger charge is 2.15. The van der Waals surface area contributed by atoms with Crippen LogP contribution in [0.4, 0.5) is 5.69 Å². The molecule has 2 heterocycles. The van der Waals surface area contributed by atoms with Crippen LogP contribution in [-0.2, 0) is 0 Å². The Bertz CT molecular complexity index is 331. The summed E-state index contributed by atoms with van der Waals surface area (Å²) in [6, 6.07) is 4.18. The minimum absolute atomic E-state index is 1.12. The molecule has 3 nitrogen and oxygen atoms in total. The van der Waals surface area contributed by atoms with Crippen LogP contribution in [0.15, 0.2) is 24.5 Å². The summed E-state index contributed by atoms with van der Waals surface area (Å²) >= 11 is 2.02. The van der Waals surface area contributed by atoms with E-state index >= 15 is 0 Å². The zero-order valence-electron chi connectivity index (χ0n) is 11.2. The molecule has 0 unspecified atom stereocenters. The predicted molar refractivity (Wildman–Crippen MR) is 80.0 cm³/mol. The second-order valence-corrected chi connectivity index (χ2v) is 5.85. The Kier molecular flexibility index (Phi) is 5.81. The summed E-state index contributed by atoms with van der Waals surface area (Å²) in [5, 5.41) is 0. The van der Waals surface area contributed by atoms with E-state index in [0.29, 0.717) is 0 Å². The number of anilines is 1. The monoisotopic (exact) mass is 265 g/mol. The summed E-state index contributed by atoms with van der Waals surface area (Å²) in [4.78, 5) is 6.66. The Morgan fingerprint density at radius 3 is 3.00 bits per heavy atom. The third kappa shape index (κ3) is 4.18. The highest BCUT2D eigenvalue weighted by Crippen LogP contribution is 2.19. The fourth-order valence-corrected chi connectivity index (χ4v) is 3.30. The summed E-state index contributed by atoms with van der Waals surface area (Å²) in [5.74, 6) is 1.27. The smallest absolute Gasteiger partial charge is 0.0553 e. The molecule has 0 amide bonds. The lowest BCUT2D eigenvalue weighted by molar-refractivity contribution is 0.503. The van der Waals surface area contributed by atoms with Crippen LogP contribution >= 0.6 is 11.9 Å². The van der Waals surface area contributed by atoms with Crippen molar-refractivity contribution in [1.82, 2.24) is 9.29 Å². The molecule has 0 atom stereocenters. The summed E-state index contributed by atoms with van der Waals surface area (Å²) in [5.41, 5.74) is 1.26. The molecule has 0 aromatic carbocycles. The van der Waals surface area contributed by atoms with Gasteiger partial charge in [0.1, 0.15) is 0 Å². The molecule has 0 saturated carbocycles. The van der Waals surface area contributed by atoms with Gasteiger partial charge in [-0.25, -0.2) is 4.31 Å². The molecule has 0 N–H and O–H groups in total. The molecule has 1 aliphatic rings. The number of pyridine rings is 1. The van der Waals surface area contributed by atoms with Crippen LogP contribution in [0.1, 0.15) is 26.2 Å². The van der Waals surface area contributed by atoms with Crippen molar-refractivity contribution in [3.63, 3.8) is 0 Å². The van der Waals surface area contributed by atoms with Crippen LogP contribution in [0.3, 0.4) is 0 Å². The Hall–Kier alpha value is -0.740. The van der Waals surface area contributed by atoms with Crippen molar-refractivity contribution in [2.45, 2.75) is 26.2 Å². The first-order valence-corrected chi connectivity index (χ1v) is 7.87. The Balaban J connectivity index is 1.81. The average molecular weight is 265 g/mol. The van der Waals surface area contributed by atoms with Gasteiger partial charge in [0.05, 0.1) is 11.9 Å². The Morgan fingerprint density at radius 1 is 1.28 bits per heavy atom. The maximum Gasteiger partial charge on any atom is 0.0553 e. The lowest BCUT2D eigenvalue weighted by Gasteiger charge is -2.22. The van der Waals surface area contributed by atoms with Crippen LogP contribution < -0.4 is 4.90 Å². The number of rotatable bonds is 5. The Labute approximate surface area is 115 Å². The molecule has 100 valence electrons. The molecular weight excluding hydrogens is 242 g/mol. The second kappa shape index (κ2) is 7.64. The van der Waals surface area contributed by atoms with Crippen molar-refractivity contribution >= 4 is 17.6 Å². The van der Waals surface area contributed by atoms with Crippen molar-refractivity contribution in [3.8, 4) is 0 Å². The molecule has 0 bridgehead atoms. The SMILES string of the molecule is CCCCSN1CCCN(c2cccnc2)CC1. The fraction of sp³-hybridized carbons (Fsp3) is 0.643. The van der Waals surface area contributed by atoms with Crippen LogP contribution in [-0.4, -0.2) is 41.2 Å². The summed E-state index contributed by atoms with van der Waals surface area (Å²) in [6.07, 6.45) is 7.68. The van der Waals surface area contributed by atoms with Crippen LogP contribution in [0.2, 0.25) is 0 Å². The molecule has 1 aliphatic heterocycles. The highest BCUT2D eigenvalue weighted by molar-refractivity contribution is 7.97. The van der Waals surface area contributed by atoms with Gasteiger partial charge in [0.25, 0.3) is 0 Å². The van der Waals surface area contributed by atoms with Crippen molar-refractivity contribution in [2.75, 3.05) is 36.8 Å². The number of aromatic nitrogens is 1. The molecular formula is C14H23N3S. The van der Waals surface area contributed by atoms with Crippen molar-refractivity contribution in [2.24, 2.45) is 0 Å². The normalized spacial score (nSPS) is 17.7. The van der Waals surface area contributed by atoms with Gasteiger partial charge in [0, 0.05) is 38.1 Å². The fourth-order valence-electron chi connectivity index (χ4n) is 2.16. The minimum Gasteiger partial charge on any atom is -0.369 e. The van der Waals surface area contributed by atoms with E-state index in [-0.39, 0.29) is 0 Å². The van der Waals surface area contributed by atoms with E-state index in [1.54, 1.807) is 0 Å². The van der Waals surface area contributed by atoms with Gasteiger partial charge in [-0.15, -0.1) is 0 Å². The van der Waals surface area contributed by atoms with Crippen molar-refractivity contribution in [1.29, 1.82) is 0 Å². The van der Waals surface area contributed by atoms with Crippen LogP contribution in [0, 0.1) is 0 Å². The molecule has 18 heavy (non-hydrogen) atoms. The topological polar surface area (TPSA) is 19.4 Å². The lowest BCUT2D eigenvalue weighted by Crippen LogP contribution is -2.28. The number of nitrogens with zero attached hydrogens (tertiary/aromatic N) is 3. The molecule has 2 rings (SSSR count). The molecule has 1 saturated heterocycles. The van der Waals surface area contributed by atoms with Gasteiger partial charge in [-0.1, -0.05) is 25.3 Å². The second-order valence-electron chi connectivity index (χ2n) is 4.67. The average Bonchev–Trinajstić information content (AvgIpc) is 2.66. The van der Waals surface area contributed by atoms with E-state index in [1.165, 1.54) is 37.2 Å². The van der Waals surface area contributed by atoms with E-state index in [9.17, 15) is 0 Å². The van der Waals surface area contributed by atoms with Gasteiger partial charge >= 0.3 is 0 Å². The molecule has 1 aromatic heterocycles. The molecule has 0 radical (unpaired) electrons. The first kappa shape index (κ1) is 13.7. The molecule has 0 spiro atoms. The van der Waals surface area contributed by atoms with E-state index in [4.69, 9.17) is 0 Å². The number of hydrogen-bond acceptors (Lipinski definition) is 4. The van der Waals surface area contributed by atoms with Gasteiger partial charge in [-0.05, 0) is 25.0 Å². The summed E-state index contributed by atoms with van der Waals surface area (Å²) in [7, 11) is 0. The largest absolute Gasteiger partial charge is 0.369 e. The molecule has 1 aromatic rings. The maximum atomic E-state index is 4.21. The molecule has 1 fully saturated rings. The third-order valence-electron chi connectivity index (χ3n) is 3.24. The quantitative estimate of drug-likeness (QED) is 0.602. The molecule has 0 aliphatic carbocycles. The maximum absolute atomic E-state index is 4.21. The zero-order valence-corrected chi connectivity index (χ0v) is 12.0. The first-order valence-electron chi connectivity index (χ1n) is 6.93. The standard InChI is InChI=1S/C14H23N3S/c1-2-3-12-18-17-9-5-8-16(10-11-17)14-6-4-7-15-13-14/h4,6-7,13H,2-3,5,8-12H2,1H3. The Morgan fingerprint density at radius 2 is 2.22 bits per heavy atom. The van der Waals surface area contributed by atoms with Gasteiger partial charge in [-0.2, -0.15) is 0 Å². The lowest BCUT2D eigenvalue weighted by atomic mass is 10.3. The third-order valence-corrected chi connectivity index (χ3v) is 4.44. The van der Waals surface area contributed by atoms with E-state index < -0.39 is 0 Å². The van der Waals surface area contributed by atoms with Gasteiger partial charge in [-0.3, -0.25) is 4.98 Å². The van der Waals surface area contributed by atoms with Gasteiger partial charge in [0.15, 0.2) is 0 Å². The van der Waals surface area contributed by atoms with E-state index in [2.05, 4.69) is 27.2 Å². The van der Waals surface area contributed by atoms with Gasteiger partial charge in [0.2, 0.25) is 0 Å². The highest BCUT2D eigenvalue weighted by atomic mass is 32.2. The van der Waals surface area contributed by atoms with Crippen LogP contribution in [0.5, 0.6) is 0 Å². The first-order chi connectivity index (χ1) is 8.90. The summed E-state index contributed by atoms with van der Waals surface area (Å²) in [6.45, 7) is 6.89.